The molecular formula is C24H21Cl4N3O6. The van der Waals surface area contributed by atoms with Gasteiger partial charge in [0.15, 0.2) is 6.61 Å². The van der Waals surface area contributed by atoms with E-state index < -0.39 is 36.3 Å². The molecule has 0 radical (unpaired) electrons. The Morgan fingerprint density at radius 1 is 0.838 bits per heavy atom. The van der Waals surface area contributed by atoms with Crippen molar-refractivity contribution >= 4 is 87.4 Å². The summed E-state index contributed by atoms with van der Waals surface area (Å²) in [5, 5.41) is 4.24. The van der Waals surface area contributed by atoms with Crippen LogP contribution in [0.15, 0.2) is 24.3 Å². The summed E-state index contributed by atoms with van der Waals surface area (Å²) in [6.45, 7) is 4.25. The molecule has 196 valence electrons. The first kappa shape index (κ1) is 28.7. The minimum Gasteiger partial charge on any atom is -0.454 e. The zero-order chi connectivity index (χ0) is 27.6. The van der Waals surface area contributed by atoms with Crippen molar-refractivity contribution < 1.29 is 28.7 Å². The van der Waals surface area contributed by atoms with Crippen LogP contribution in [-0.2, 0) is 19.1 Å². The van der Waals surface area contributed by atoms with Gasteiger partial charge in [-0.15, -0.1) is 0 Å². The van der Waals surface area contributed by atoms with Gasteiger partial charge in [-0.25, -0.2) is 4.79 Å². The molecule has 2 aromatic carbocycles. The van der Waals surface area contributed by atoms with Crippen molar-refractivity contribution in [1.82, 2.24) is 4.90 Å². The van der Waals surface area contributed by atoms with E-state index in [4.69, 9.17) is 51.1 Å². The van der Waals surface area contributed by atoms with Crippen molar-refractivity contribution in [3.05, 3.63) is 55.5 Å². The highest BCUT2D eigenvalue weighted by Crippen LogP contribution is 2.45. The summed E-state index contributed by atoms with van der Waals surface area (Å²) < 4.78 is 5.16. The summed E-state index contributed by atoms with van der Waals surface area (Å²) in [6, 6.07) is 4.91. The van der Waals surface area contributed by atoms with Gasteiger partial charge in [0.2, 0.25) is 5.91 Å². The number of halogens is 4. The summed E-state index contributed by atoms with van der Waals surface area (Å²) in [4.78, 5) is 63.6. The lowest BCUT2D eigenvalue weighted by Crippen LogP contribution is -2.47. The number of anilines is 2. The summed E-state index contributed by atoms with van der Waals surface area (Å²) in [5.41, 5.74) is 0.422. The molecule has 1 atom stereocenters. The quantitative estimate of drug-likeness (QED) is 0.183. The molecule has 1 aliphatic rings. The van der Waals surface area contributed by atoms with Crippen LogP contribution in [0.2, 0.25) is 20.1 Å². The molecule has 2 N–H and O–H groups in total. The number of rotatable bonds is 8. The van der Waals surface area contributed by atoms with Crippen LogP contribution in [0.5, 0.6) is 0 Å². The van der Waals surface area contributed by atoms with E-state index in [0.717, 1.165) is 0 Å². The maximum atomic E-state index is 13.2. The van der Waals surface area contributed by atoms with Gasteiger partial charge in [0, 0.05) is 18.3 Å². The fourth-order valence-electron chi connectivity index (χ4n) is 3.67. The molecule has 0 saturated heterocycles. The molecule has 3 rings (SSSR count). The first-order chi connectivity index (χ1) is 17.3. The van der Waals surface area contributed by atoms with Gasteiger partial charge in [-0.1, -0.05) is 60.3 Å². The second kappa shape index (κ2) is 11.7. The zero-order valence-corrected chi connectivity index (χ0v) is 22.8. The van der Waals surface area contributed by atoms with Crippen LogP contribution in [0.3, 0.4) is 0 Å². The van der Waals surface area contributed by atoms with Crippen LogP contribution >= 0.6 is 46.4 Å². The van der Waals surface area contributed by atoms with Crippen LogP contribution < -0.4 is 10.6 Å². The van der Waals surface area contributed by atoms with Gasteiger partial charge in [0.1, 0.15) is 6.04 Å². The van der Waals surface area contributed by atoms with Crippen molar-refractivity contribution in [2.45, 2.75) is 33.2 Å². The van der Waals surface area contributed by atoms with Crippen molar-refractivity contribution in [3.8, 4) is 0 Å². The fourth-order valence-corrected chi connectivity index (χ4v) is 4.69. The lowest BCUT2D eigenvalue weighted by Gasteiger charge is -2.26. The van der Waals surface area contributed by atoms with Crippen molar-refractivity contribution in [3.63, 3.8) is 0 Å². The Bertz CT molecular complexity index is 1250. The number of amides is 4. The maximum Gasteiger partial charge on any atom is 0.329 e. The van der Waals surface area contributed by atoms with E-state index in [-0.39, 0.29) is 49.5 Å². The van der Waals surface area contributed by atoms with E-state index in [0.29, 0.717) is 16.3 Å². The third-order valence-corrected chi connectivity index (χ3v) is 7.05. The number of nitrogens with zero attached hydrogens (tertiary/aromatic N) is 1. The normalized spacial score (nSPS) is 13.5. The Balaban J connectivity index is 1.75. The SMILES string of the molecule is CC(=O)Nc1ccc(NC(=O)COC(=O)[C@@H](CC(C)C)N2C(=O)c3c(Cl)c(Cl)c(Cl)c(Cl)c3C2=O)cc1. The third kappa shape index (κ3) is 6.18. The lowest BCUT2D eigenvalue weighted by molar-refractivity contribution is -0.151. The van der Waals surface area contributed by atoms with Gasteiger partial charge >= 0.3 is 5.97 Å². The van der Waals surface area contributed by atoms with E-state index in [1.807, 2.05) is 0 Å². The van der Waals surface area contributed by atoms with Crippen LogP contribution in [0.4, 0.5) is 11.4 Å². The van der Waals surface area contributed by atoms with E-state index >= 15 is 0 Å². The average Bonchev–Trinajstić information content (AvgIpc) is 3.09. The predicted octanol–water partition coefficient (Wildman–Crippen LogP) is 5.45. The standard InChI is InChI=1S/C24H21Cl4N3O6/c1-10(2)8-14(31-22(34)16-17(23(31)35)19(26)21(28)20(27)18(16)25)24(36)37-9-15(33)30-13-6-4-12(5-7-13)29-11(3)32/h4-7,10,14H,8-9H2,1-3H3,(H,29,32)(H,30,33)/t14-/m1/s1. The van der Waals surface area contributed by atoms with Crippen molar-refractivity contribution in [1.29, 1.82) is 0 Å². The van der Waals surface area contributed by atoms with E-state index in [2.05, 4.69) is 10.6 Å². The predicted molar refractivity (Wildman–Crippen MR) is 141 cm³/mol. The molecule has 0 spiro atoms. The second-order valence-electron chi connectivity index (χ2n) is 8.55. The molecule has 0 aromatic heterocycles. The number of hydrogen-bond acceptors (Lipinski definition) is 6. The number of carbonyl (C=O) groups excluding carboxylic acids is 5. The maximum absolute atomic E-state index is 13.2. The van der Waals surface area contributed by atoms with Crippen molar-refractivity contribution in [2.75, 3.05) is 17.2 Å². The zero-order valence-electron chi connectivity index (χ0n) is 19.8. The highest BCUT2D eigenvalue weighted by molar-refractivity contribution is 6.55. The van der Waals surface area contributed by atoms with Crippen LogP contribution in [0.25, 0.3) is 0 Å². The lowest BCUT2D eigenvalue weighted by atomic mass is 10.0. The minimum atomic E-state index is -1.36. The first-order valence-corrected chi connectivity index (χ1v) is 12.4. The van der Waals surface area contributed by atoms with Gasteiger partial charge in [0.25, 0.3) is 17.7 Å². The molecular weight excluding hydrogens is 568 g/mol. The average molecular weight is 589 g/mol. The number of esters is 1. The molecule has 0 aliphatic carbocycles. The van der Waals surface area contributed by atoms with Crippen LogP contribution in [-0.4, -0.2) is 47.1 Å². The Labute approximate surface area is 232 Å². The first-order valence-electron chi connectivity index (χ1n) is 10.9. The molecule has 2 aromatic rings. The number of imide groups is 1. The van der Waals surface area contributed by atoms with E-state index in [1.54, 1.807) is 38.1 Å². The number of ether oxygens (including phenoxy) is 1. The molecule has 37 heavy (non-hydrogen) atoms. The number of fused-ring (bicyclic) bond motifs is 1. The summed E-state index contributed by atoms with van der Waals surface area (Å²) in [7, 11) is 0. The molecule has 0 bridgehead atoms. The van der Waals surface area contributed by atoms with Gasteiger partial charge in [-0.2, -0.15) is 0 Å². The topological polar surface area (TPSA) is 122 Å². The molecule has 4 amide bonds. The molecule has 0 saturated carbocycles. The summed E-state index contributed by atoms with van der Waals surface area (Å²) in [6.07, 6.45) is 0.0488. The molecule has 9 nitrogen and oxygen atoms in total. The Morgan fingerprint density at radius 3 is 1.73 bits per heavy atom. The Hall–Kier alpha value is -2.85. The fraction of sp³-hybridized carbons (Fsp3) is 0.292. The van der Waals surface area contributed by atoms with Gasteiger partial charge < -0.3 is 15.4 Å². The van der Waals surface area contributed by atoms with E-state index in [9.17, 15) is 24.0 Å². The second-order valence-corrected chi connectivity index (χ2v) is 10.1. The number of hydrogen-bond donors (Lipinski definition) is 2. The van der Waals surface area contributed by atoms with Gasteiger partial charge in [-0.3, -0.25) is 24.1 Å². The van der Waals surface area contributed by atoms with E-state index in [1.165, 1.54) is 6.92 Å². The Morgan fingerprint density at radius 2 is 1.30 bits per heavy atom. The third-order valence-electron chi connectivity index (χ3n) is 5.25. The number of nitrogens with one attached hydrogen (secondary N) is 2. The molecule has 0 fully saturated rings. The number of carbonyl (C=O) groups is 5. The summed E-state index contributed by atoms with van der Waals surface area (Å²) >= 11 is 24.5. The molecule has 1 heterocycles. The molecule has 1 aliphatic heterocycles. The highest BCUT2D eigenvalue weighted by atomic mass is 35.5. The minimum absolute atomic E-state index is 0.0488. The van der Waals surface area contributed by atoms with Gasteiger partial charge in [-0.05, 0) is 36.6 Å². The van der Waals surface area contributed by atoms with Crippen LogP contribution in [0, 0.1) is 5.92 Å². The van der Waals surface area contributed by atoms with Gasteiger partial charge in [0.05, 0.1) is 31.2 Å². The molecule has 0 unspecified atom stereocenters. The Kier molecular flexibility index (Phi) is 9.07. The summed E-state index contributed by atoms with van der Waals surface area (Å²) in [5.74, 6) is -3.77. The molecule has 13 heteroatoms. The van der Waals surface area contributed by atoms with Crippen LogP contribution in [0.1, 0.15) is 47.9 Å². The smallest absolute Gasteiger partial charge is 0.329 e. The number of benzene rings is 2. The van der Waals surface area contributed by atoms with Crippen molar-refractivity contribution in [2.24, 2.45) is 5.92 Å². The monoisotopic (exact) mass is 587 g/mol. The largest absolute Gasteiger partial charge is 0.454 e. The highest BCUT2D eigenvalue weighted by Gasteiger charge is 2.47.